The van der Waals surface area contributed by atoms with E-state index in [4.69, 9.17) is 0 Å². The van der Waals surface area contributed by atoms with Crippen LogP contribution in [0.1, 0.15) is 57.5 Å². The number of aromatic carboxylic acids is 1. The Morgan fingerprint density at radius 3 is 1.57 bits per heavy atom. The minimum absolute atomic E-state index is 0.190. The molecule has 0 N–H and O–H groups in total. The number of carboxylic acid groups (broad SMARTS) is 1. The molecule has 0 atom stereocenters. The van der Waals surface area contributed by atoms with Crippen LogP contribution in [0, 0.1) is 0 Å². The van der Waals surface area contributed by atoms with Crippen LogP contribution < -0.4 is 5.11 Å². The van der Waals surface area contributed by atoms with Crippen molar-refractivity contribution in [3.05, 3.63) is 42.0 Å². The zero-order chi connectivity index (χ0) is 16.6. The van der Waals surface area contributed by atoms with E-state index in [0.29, 0.717) is 0 Å². The maximum atomic E-state index is 10.3. The van der Waals surface area contributed by atoms with Crippen LogP contribution in [-0.4, -0.2) is 25.7 Å². The Labute approximate surface area is 137 Å². The van der Waals surface area contributed by atoms with E-state index in [9.17, 15) is 9.90 Å². The van der Waals surface area contributed by atoms with E-state index in [-0.39, 0.29) is 5.56 Å². The van der Waals surface area contributed by atoms with E-state index < -0.39 is 25.7 Å². The molecule has 21 heavy (non-hydrogen) atoms. The van der Waals surface area contributed by atoms with E-state index in [1.807, 2.05) is 0 Å². The molecule has 1 aromatic rings. The normalized spacial score (nSPS) is 10.3. The molecule has 0 aliphatic carbocycles. The van der Waals surface area contributed by atoms with Crippen LogP contribution in [0.3, 0.4) is 0 Å². The Kier molecular flexibility index (Phi) is 9.67. The SMILES string of the molecule is C=Cc1ccc(C(=O)[O-])cc1.C[CH](C)[Sn+]([CH](C)C)[CH](C)C. The second-order valence-corrected chi connectivity index (χ2v) is 18.8. The van der Waals surface area contributed by atoms with Crippen molar-refractivity contribution < 1.29 is 9.90 Å². The Hall–Kier alpha value is -0.771. The Balaban J connectivity index is 0.000000384. The number of carbonyl (C=O) groups is 1. The second-order valence-electron chi connectivity index (χ2n) is 6.08. The molecule has 3 heteroatoms. The average molecular weight is 395 g/mol. The fourth-order valence-corrected chi connectivity index (χ4v) is 14.2. The Morgan fingerprint density at radius 1 is 1.00 bits per heavy atom. The quantitative estimate of drug-likeness (QED) is 0.694. The molecule has 1 aromatic carbocycles. The summed E-state index contributed by atoms with van der Waals surface area (Å²) >= 11 is -1.01. The van der Waals surface area contributed by atoms with Gasteiger partial charge in [0.25, 0.3) is 0 Å². The first-order valence-electron chi connectivity index (χ1n) is 7.51. The van der Waals surface area contributed by atoms with Crippen LogP contribution in [0.4, 0.5) is 0 Å². The van der Waals surface area contributed by atoms with Crippen LogP contribution in [0.5, 0.6) is 0 Å². The van der Waals surface area contributed by atoms with Gasteiger partial charge in [-0.3, -0.25) is 0 Å². The van der Waals surface area contributed by atoms with Crippen LogP contribution >= 0.6 is 0 Å². The molecule has 0 amide bonds. The molecule has 2 nitrogen and oxygen atoms in total. The first kappa shape index (κ1) is 20.2. The molecule has 0 saturated carbocycles. The molecule has 0 heterocycles. The van der Waals surface area contributed by atoms with Gasteiger partial charge in [0.05, 0.1) is 5.97 Å². The zero-order valence-corrected chi connectivity index (χ0v) is 17.0. The molecule has 0 radical (unpaired) electrons. The van der Waals surface area contributed by atoms with Gasteiger partial charge in [0.2, 0.25) is 0 Å². The van der Waals surface area contributed by atoms with E-state index in [2.05, 4.69) is 48.1 Å². The summed E-state index contributed by atoms with van der Waals surface area (Å²) in [7, 11) is 0. The number of hydrogen-bond donors (Lipinski definition) is 0. The predicted molar refractivity (Wildman–Crippen MR) is 91.9 cm³/mol. The summed E-state index contributed by atoms with van der Waals surface area (Å²) in [6.45, 7) is 18.0. The summed E-state index contributed by atoms with van der Waals surface area (Å²) in [4.78, 5) is 10.3. The number of rotatable bonds is 5. The Morgan fingerprint density at radius 2 is 1.38 bits per heavy atom. The first-order valence-corrected chi connectivity index (χ1v) is 12.5. The van der Waals surface area contributed by atoms with Gasteiger partial charge in [-0.05, 0) is 11.1 Å². The minimum atomic E-state index is -1.15. The molecule has 0 fully saturated rings. The number of carboxylic acids is 1. The van der Waals surface area contributed by atoms with Crippen molar-refractivity contribution in [2.24, 2.45) is 0 Å². The zero-order valence-electron chi connectivity index (χ0n) is 14.1. The van der Waals surface area contributed by atoms with Crippen molar-refractivity contribution in [3.8, 4) is 0 Å². The second kappa shape index (κ2) is 10.0. The third-order valence-corrected chi connectivity index (χ3v) is 14.8. The molecule has 0 aliphatic heterocycles. The van der Waals surface area contributed by atoms with Crippen molar-refractivity contribution in [2.45, 2.75) is 53.3 Å². The predicted octanol–water partition coefficient (Wildman–Crippen LogP) is 4.40. The standard InChI is InChI=1S/C9H8O2.3C3H7.Sn/c1-2-7-3-5-8(6-4-7)9(10)11;3*1-3-2;/h2-6H,1H2,(H,10,11);3*3H,1-2H3;/q;;;;+1/p-1. The van der Waals surface area contributed by atoms with Gasteiger partial charge in [-0.25, -0.2) is 0 Å². The van der Waals surface area contributed by atoms with E-state index in [1.54, 1.807) is 18.2 Å². The van der Waals surface area contributed by atoms with Gasteiger partial charge < -0.3 is 9.90 Å². The van der Waals surface area contributed by atoms with Crippen molar-refractivity contribution in [3.63, 3.8) is 0 Å². The first-order chi connectivity index (χ1) is 9.70. The summed E-state index contributed by atoms with van der Waals surface area (Å²) in [5, 5.41) is 10.3. The summed E-state index contributed by atoms with van der Waals surface area (Å²) in [6.07, 6.45) is 1.65. The summed E-state index contributed by atoms with van der Waals surface area (Å²) in [5.41, 5.74) is 1.09. The molecule has 0 saturated heterocycles. The number of benzene rings is 1. The van der Waals surface area contributed by atoms with Crippen molar-refractivity contribution >= 4 is 31.8 Å². The average Bonchev–Trinajstić information content (AvgIpc) is 2.38. The number of hydrogen-bond acceptors (Lipinski definition) is 2. The van der Waals surface area contributed by atoms with Gasteiger partial charge >= 0.3 is 73.1 Å². The molecule has 0 aromatic heterocycles. The fourth-order valence-electron chi connectivity index (χ4n) is 2.76. The van der Waals surface area contributed by atoms with E-state index in [0.717, 1.165) is 17.4 Å². The topological polar surface area (TPSA) is 40.1 Å². The van der Waals surface area contributed by atoms with Gasteiger partial charge in [-0.2, -0.15) is 0 Å². The maximum absolute atomic E-state index is 10.3. The molecule has 1 rings (SSSR count). The Bertz CT molecular complexity index is 414. The van der Waals surface area contributed by atoms with Gasteiger partial charge in [0, 0.05) is 0 Å². The molecule has 0 spiro atoms. The van der Waals surface area contributed by atoms with Crippen LogP contribution in [0.15, 0.2) is 30.8 Å². The molecule has 116 valence electrons. The summed E-state index contributed by atoms with van der Waals surface area (Å²) in [6, 6.07) is 6.34. The van der Waals surface area contributed by atoms with Gasteiger partial charge in [-0.15, -0.1) is 0 Å². The van der Waals surface area contributed by atoms with Crippen LogP contribution in [0.25, 0.3) is 6.08 Å². The molecule has 0 unspecified atom stereocenters. The van der Waals surface area contributed by atoms with Crippen molar-refractivity contribution in [2.75, 3.05) is 0 Å². The monoisotopic (exact) mass is 396 g/mol. The summed E-state index contributed by atoms with van der Waals surface area (Å²) < 4.78 is 3.09. The van der Waals surface area contributed by atoms with Crippen molar-refractivity contribution in [1.29, 1.82) is 0 Å². The molecule has 0 aliphatic rings. The molecular weight excluding hydrogens is 367 g/mol. The van der Waals surface area contributed by atoms with Crippen LogP contribution in [0.2, 0.25) is 11.8 Å². The van der Waals surface area contributed by atoms with Crippen LogP contribution in [-0.2, 0) is 0 Å². The van der Waals surface area contributed by atoms with Gasteiger partial charge in [0.1, 0.15) is 0 Å². The van der Waals surface area contributed by atoms with E-state index >= 15 is 0 Å². The number of carbonyl (C=O) groups excluding carboxylic acids is 1. The van der Waals surface area contributed by atoms with E-state index in [1.165, 1.54) is 12.1 Å². The molecular formula is C18H28O2Sn. The fraction of sp³-hybridized carbons (Fsp3) is 0.500. The molecule has 0 bridgehead atoms. The van der Waals surface area contributed by atoms with Gasteiger partial charge in [-0.1, -0.05) is 36.9 Å². The third-order valence-electron chi connectivity index (χ3n) is 3.38. The summed E-state index contributed by atoms with van der Waals surface area (Å²) in [5.74, 6) is -1.15. The van der Waals surface area contributed by atoms with Crippen molar-refractivity contribution in [1.82, 2.24) is 0 Å². The van der Waals surface area contributed by atoms with Gasteiger partial charge in [0.15, 0.2) is 0 Å². The third kappa shape index (κ3) is 7.70.